The number of nitrogens with one attached hydrogen (secondary N) is 1. The molecule has 5 nitrogen and oxygen atoms in total. The Hall–Kier alpha value is -2.86. The Bertz CT molecular complexity index is 942. The molecule has 3 aromatic rings. The van der Waals surface area contributed by atoms with Crippen molar-refractivity contribution in [2.45, 2.75) is 20.1 Å². The lowest BCUT2D eigenvalue weighted by atomic mass is 10.1. The van der Waals surface area contributed by atoms with Crippen molar-refractivity contribution in [3.8, 4) is 5.75 Å². The van der Waals surface area contributed by atoms with Gasteiger partial charge in [0.15, 0.2) is 0 Å². The molecule has 0 saturated carbocycles. The lowest BCUT2D eigenvalue weighted by molar-refractivity contribution is -0.384. The molecule has 0 radical (unpaired) electrons. The monoisotopic (exact) mass is 426 g/mol. The third-order valence-corrected chi connectivity index (χ3v) is 4.67. The third-order valence-electron chi connectivity index (χ3n) is 4.17. The minimum absolute atomic E-state index is 0.0771. The number of benzene rings is 3. The third kappa shape index (κ3) is 5.08. The van der Waals surface area contributed by atoms with Gasteiger partial charge in [-0.1, -0.05) is 34.1 Å². The maximum absolute atomic E-state index is 10.7. The molecule has 0 fully saturated rings. The number of hydrogen-bond acceptors (Lipinski definition) is 4. The molecule has 0 unspecified atom stereocenters. The van der Waals surface area contributed by atoms with Crippen molar-refractivity contribution in [1.82, 2.24) is 0 Å². The number of hydrogen-bond donors (Lipinski definition) is 1. The van der Waals surface area contributed by atoms with E-state index in [2.05, 4.69) is 34.2 Å². The molecule has 0 atom stereocenters. The molecule has 0 heterocycles. The summed E-state index contributed by atoms with van der Waals surface area (Å²) in [6.45, 7) is 3.05. The second-order valence-corrected chi connectivity index (χ2v) is 7.05. The molecule has 138 valence electrons. The average Bonchev–Trinajstić information content (AvgIpc) is 2.66. The van der Waals surface area contributed by atoms with Gasteiger partial charge in [-0.3, -0.25) is 10.1 Å². The molecule has 0 aliphatic carbocycles. The zero-order chi connectivity index (χ0) is 19.2. The van der Waals surface area contributed by atoms with E-state index in [1.54, 1.807) is 12.1 Å². The number of nitro benzene ring substituents is 1. The number of anilines is 1. The van der Waals surface area contributed by atoms with Crippen molar-refractivity contribution in [3.05, 3.63) is 98.0 Å². The first-order chi connectivity index (χ1) is 13.0. The summed E-state index contributed by atoms with van der Waals surface area (Å²) < 4.78 is 7.00. The van der Waals surface area contributed by atoms with Crippen molar-refractivity contribution < 1.29 is 9.66 Å². The van der Waals surface area contributed by atoms with Gasteiger partial charge in [0.25, 0.3) is 5.69 Å². The van der Waals surface area contributed by atoms with Crippen LogP contribution < -0.4 is 10.1 Å². The number of halogens is 1. The van der Waals surface area contributed by atoms with E-state index in [0.29, 0.717) is 13.2 Å². The average molecular weight is 427 g/mol. The zero-order valence-corrected chi connectivity index (χ0v) is 16.4. The highest BCUT2D eigenvalue weighted by Crippen LogP contribution is 2.24. The SMILES string of the molecule is Cc1cc(Br)ccc1NCc1ccccc1OCc1ccc([N+](=O)[O-])cc1. The van der Waals surface area contributed by atoms with E-state index < -0.39 is 4.92 Å². The summed E-state index contributed by atoms with van der Waals surface area (Å²) in [6, 6.07) is 20.4. The van der Waals surface area contributed by atoms with Crippen LogP contribution in [-0.2, 0) is 13.2 Å². The molecular formula is C21H19BrN2O3. The molecule has 3 aromatic carbocycles. The summed E-state index contributed by atoms with van der Waals surface area (Å²) in [6.07, 6.45) is 0. The Morgan fingerprint density at radius 3 is 2.52 bits per heavy atom. The molecule has 0 amide bonds. The maximum Gasteiger partial charge on any atom is 0.269 e. The summed E-state index contributed by atoms with van der Waals surface area (Å²) in [5.41, 5.74) is 4.24. The quantitative estimate of drug-likeness (QED) is 0.379. The highest BCUT2D eigenvalue weighted by atomic mass is 79.9. The number of rotatable bonds is 7. The second-order valence-electron chi connectivity index (χ2n) is 6.13. The van der Waals surface area contributed by atoms with Crippen LogP contribution in [0.3, 0.4) is 0 Å². The van der Waals surface area contributed by atoms with Gasteiger partial charge in [0.2, 0.25) is 0 Å². The Morgan fingerprint density at radius 2 is 1.81 bits per heavy atom. The first-order valence-corrected chi connectivity index (χ1v) is 9.26. The Morgan fingerprint density at radius 1 is 1.07 bits per heavy atom. The lowest BCUT2D eigenvalue weighted by Crippen LogP contribution is -2.04. The highest BCUT2D eigenvalue weighted by Gasteiger charge is 2.07. The van der Waals surface area contributed by atoms with Crippen LogP contribution in [0.25, 0.3) is 0 Å². The molecule has 0 saturated heterocycles. The summed E-state index contributed by atoms with van der Waals surface area (Å²) in [4.78, 5) is 10.3. The van der Waals surface area contributed by atoms with Gasteiger partial charge >= 0.3 is 0 Å². The van der Waals surface area contributed by atoms with Crippen molar-refractivity contribution in [3.63, 3.8) is 0 Å². The van der Waals surface area contributed by atoms with E-state index in [0.717, 1.165) is 32.6 Å². The van der Waals surface area contributed by atoms with Crippen LogP contribution in [0.5, 0.6) is 5.75 Å². The van der Waals surface area contributed by atoms with E-state index in [9.17, 15) is 10.1 Å². The summed E-state index contributed by atoms with van der Waals surface area (Å²) in [5, 5.41) is 14.2. The van der Waals surface area contributed by atoms with Crippen molar-refractivity contribution in [2.75, 3.05) is 5.32 Å². The predicted octanol–water partition coefficient (Wildman–Crippen LogP) is 5.86. The number of nitro groups is 1. The lowest BCUT2D eigenvalue weighted by Gasteiger charge is -2.14. The smallest absolute Gasteiger partial charge is 0.269 e. The molecule has 27 heavy (non-hydrogen) atoms. The molecule has 0 aliphatic rings. The van der Waals surface area contributed by atoms with E-state index in [1.165, 1.54) is 12.1 Å². The second kappa shape index (κ2) is 8.68. The molecule has 3 rings (SSSR count). The first-order valence-electron chi connectivity index (χ1n) is 8.47. The standard InChI is InChI=1S/C21H19BrN2O3/c1-15-12-18(22)8-11-20(15)23-13-17-4-2-3-5-21(17)27-14-16-6-9-19(10-7-16)24(25)26/h2-12,23H,13-14H2,1H3. The number of para-hydroxylation sites is 1. The number of aryl methyl sites for hydroxylation is 1. The van der Waals surface area contributed by atoms with Crippen LogP contribution in [0, 0.1) is 17.0 Å². The van der Waals surface area contributed by atoms with Crippen LogP contribution in [0.1, 0.15) is 16.7 Å². The van der Waals surface area contributed by atoms with E-state index >= 15 is 0 Å². The summed E-state index contributed by atoms with van der Waals surface area (Å²) in [7, 11) is 0. The largest absolute Gasteiger partial charge is 0.489 e. The maximum atomic E-state index is 10.7. The van der Waals surface area contributed by atoms with E-state index in [-0.39, 0.29) is 5.69 Å². The number of nitrogens with zero attached hydrogens (tertiary/aromatic N) is 1. The minimum Gasteiger partial charge on any atom is -0.489 e. The number of non-ortho nitro benzene ring substituents is 1. The van der Waals surface area contributed by atoms with Crippen LogP contribution >= 0.6 is 15.9 Å². The zero-order valence-electron chi connectivity index (χ0n) is 14.8. The summed E-state index contributed by atoms with van der Waals surface area (Å²) in [5.74, 6) is 0.790. The van der Waals surface area contributed by atoms with Gasteiger partial charge in [0, 0.05) is 34.4 Å². The van der Waals surface area contributed by atoms with Crippen molar-refractivity contribution >= 4 is 27.3 Å². The molecule has 0 aliphatic heterocycles. The number of ether oxygens (including phenoxy) is 1. The van der Waals surface area contributed by atoms with Crippen LogP contribution in [-0.4, -0.2) is 4.92 Å². The Balaban J connectivity index is 1.65. The van der Waals surface area contributed by atoms with E-state index in [4.69, 9.17) is 4.74 Å². The molecule has 0 aromatic heterocycles. The van der Waals surface area contributed by atoms with Crippen molar-refractivity contribution in [2.24, 2.45) is 0 Å². The first kappa shape index (κ1) is 18.9. The van der Waals surface area contributed by atoms with Gasteiger partial charge in [-0.15, -0.1) is 0 Å². The van der Waals surface area contributed by atoms with Crippen LogP contribution in [0.15, 0.2) is 71.2 Å². The topological polar surface area (TPSA) is 64.4 Å². The molecule has 1 N–H and O–H groups in total. The molecular weight excluding hydrogens is 408 g/mol. The fourth-order valence-corrected chi connectivity index (χ4v) is 3.16. The minimum atomic E-state index is -0.407. The predicted molar refractivity (Wildman–Crippen MR) is 110 cm³/mol. The molecule has 6 heteroatoms. The molecule has 0 bridgehead atoms. The van der Waals surface area contributed by atoms with Gasteiger partial charge in [-0.25, -0.2) is 0 Å². The van der Waals surface area contributed by atoms with Gasteiger partial charge < -0.3 is 10.1 Å². The van der Waals surface area contributed by atoms with Gasteiger partial charge in [-0.2, -0.15) is 0 Å². The fourth-order valence-electron chi connectivity index (χ4n) is 2.68. The van der Waals surface area contributed by atoms with Gasteiger partial charge in [-0.05, 0) is 54.4 Å². The molecule has 0 spiro atoms. The van der Waals surface area contributed by atoms with Gasteiger partial charge in [0.05, 0.1) is 4.92 Å². The van der Waals surface area contributed by atoms with Gasteiger partial charge in [0.1, 0.15) is 12.4 Å². The Labute approximate surface area is 166 Å². The Kier molecular flexibility index (Phi) is 6.08. The van der Waals surface area contributed by atoms with Crippen LogP contribution in [0.4, 0.5) is 11.4 Å². The fraction of sp³-hybridized carbons (Fsp3) is 0.143. The summed E-state index contributed by atoms with van der Waals surface area (Å²) >= 11 is 3.47. The van der Waals surface area contributed by atoms with E-state index in [1.807, 2.05) is 36.4 Å². The normalized spacial score (nSPS) is 10.4. The van der Waals surface area contributed by atoms with Crippen molar-refractivity contribution in [1.29, 1.82) is 0 Å². The highest BCUT2D eigenvalue weighted by molar-refractivity contribution is 9.10. The van der Waals surface area contributed by atoms with Crippen LogP contribution in [0.2, 0.25) is 0 Å².